The van der Waals surface area contributed by atoms with Crippen molar-refractivity contribution in [2.45, 2.75) is 13.0 Å². The van der Waals surface area contributed by atoms with Crippen LogP contribution in [0.1, 0.15) is 12.0 Å². The van der Waals surface area contributed by atoms with Crippen LogP contribution in [0.15, 0.2) is 54.6 Å². The molecule has 0 aliphatic carbocycles. The number of hydrogen-bond donors (Lipinski definition) is 2. The molecule has 0 aromatic heterocycles. The lowest BCUT2D eigenvalue weighted by Crippen LogP contribution is -2.34. The highest BCUT2D eigenvalue weighted by molar-refractivity contribution is 5.89. The topological polar surface area (TPSA) is 64.7 Å². The van der Waals surface area contributed by atoms with Gasteiger partial charge in [0, 0.05) is 52.0 Å². The summed E-state index contributed by atoms with van der Waals surface area (Å²) in [4.78, 5) is 27.7. The van der Waals surface area contributed by atoms with Gasteiger partial charge in [-0.05, 0) is 29.8 Å². The molecule has 0 radical (unpaired) electrons. The van der Waals surface area contributed by atoms with Crippen molar-refractivity contribution < 1.29 is 9.59 Å². The Morgan fingerprint density at radius 3 is 2.19 bits per heavy atom. The number of carbonyl (C=O) groups is 2. The van der Waals surface area contributed by atoms with E-state index in [-0.39, 0.29) is 18.4 Å². The summed E-state index contributed by atoms with van der Waals surface area (Å²) in [6, 6.07) is 17.0. The summed E-state index contributed by atoms with van der Waals surface area (Å²) < 4.78 is 0. The Morgan fingerprint density at radius 2 is 1.58 bits per heavy atom. The third-order valence-corrected chi connectivity index (χ3v) is 3.95. The number of nitrogens with one attached hydrogen (secondary N) is 2. The van der Waals surface area contributed by atoms with Crippen LogP contribution in [0.4, 0.5) is 16.2 Å². The molecule has 0 spiro atoms. The van der Waals surface area contributed by atoms with Crippen molar-refractivity contribution in [1.82, 2.24) is 10.2 Å². The summed E-state index contributed by atoms with van der Waals surface area (Å²) in [7, 11) is 5.75. The van der Waals surface area contributed by atoms with Crippen molar-refractivity contribution in [3.05, 3.63) is 60.2 Å². The zero-order valence-electron chi connectivity index (χ0n) is 15.5. The molecule has 2 aromatic rings. The molecule has 0 aliphatic heterocycles. The second-order valence-electron chi connectivity index (χ2n) is 6.31. The van der Waals surface area contributed by atoms with Gasteiger partial charge in [0.2, 0.25) is 5.91 Å². The first-order valence-corrected chi connectivity index (χ1v) is 8.56. The number of benzene rings is 2. The molecule has 6 nitrogen and oxygen atoms in total. The highest BCUT2D eigenvalue weighted by Crippen LogP contribution is 2.13. The van der Waals surface area contributed by atoms with Gasteiger partial charge in [-0.1, -0.05) is 30.3 Å². The van der Waals surface area contributed by atoms with Gasteiger partial charge in [0.25, 0.3) is 0 Å². The maximum Gasteiger partial charge on any atom is 0.319 e. The van der Waals surface area contributed by atoms with E-state index in [1.54, 1.807) is 24.1 Å². The predicted molar refractivity (Wildman–Crippen MR) is 105 cm³/mol. The average molecular weight is 354 g/mol. The zero-order chi connectivity index (χ0) is 18.9. The van der Waals surface area contributed by atoms with Crippen LogP contribution in [0.25, 0.3) is 0 Å². The Kier molecular flexibility index (Phi) is 7.02. The first-order chi connectivity index (χ1) is 12.5. The van der Waals surface area contributed by atoms with Crippen LogP contribution < -0.4 is 15.5 Å². The average Bonchev–Trinajstić information content (AvgIpc) is 2.62. The van der Waals surface area contributed by atoms with Crippen molar-refractivity contribution in [3.63, 3.8) is 0 Å². The summed E-state index contributed by atoms with van der Waals surface area (Å²) in [6.45, 7) is 0.837. The molecule has 0 atom stereocenters. The molecule has 138 valence electrons. The SMILES string of the molecule is CN(Cc1ccc(N(C)C)cc1)C(=O)CCNC(=O)Nc1ccccc1. The monoisotopic (exact) mass is 354 g/mol. The molecule has 2 N–H and O–H groups in total. The summed E-state index contributed by atoms with van der Waals surface area (Å²) in [5.41, 5.74) is 2.91. The minimum absolute atomic E-state index is 0.0123. The molecule has 0 saturated heterocycles. The molecule has 3 amide bonds. The Bertz CT molecular complexity index is 714. The lowest BCUT2D eigenvalue weighted by atomic mass is 10.2. The van der Waals surface area contributed by atoms with E-state index in [4.69, 9.17) is 0 Å². The fraction of sp³-hybridized carbons (Fsp3) is 0.300. The maximum atomic E-state index is 12.2. The second-order valence-corrected chi connectivity index (χ2v) is 6.31. The van der Waals surface area contributed by atoms with Gasteiger partial charge in [-0.3, -0.25) is 4.79 Å². The van der Waals surface area contributed by atoms with E-state index in [0.717, 1.165) is 16.9 Å². The molecular formula is C20H26N4O2. The van der Waals surface area contributed by atoms with Gasteiger partial charge < -0.3 is 20.4 Å². The lowest BCUT2D eigenvalue weighted by molar-refractivity contribution is -0.130. The Balaban J connectivity index is 1.72. The second kappa shape index (κ2) is 9.46. The van der Waals surface area contributed by atoms with Crippen molar-refractivity contribution in [3.8, 4) is 0 Å². The van der Waals surface area contributed by atoms with E-state index in [9.17, 15) is 9.59 Å². The maximum absolute atomic E-state index is 12.2. The van der Waals surface area contributed by atoms with Crippen molar-refractivity contribution in [1.29, 1.82) is 0 Å². The molecular weight excluding hydrogens is 328 g/mol. The summed E-state index contributed by atoms with van der Waals surface area (Å²) in [6.07, 6.45) is 0.258. The number of amides is 3. The van der Waals surface area contributed by atoms with Gasteiger partial charge in [-0.25, -0.2) is 4.79 Å². The van der Waals surface area contributed by atoms with Gasteiger partial charge in [0.05, 0.1) is 0 Å². The number of carbonyl (C=O) groups excluding carboxylic acids is 2. The minimum atomic E-state index is -0.314. The van der Waals surface area contributed by atoms with Crippen molar-refractivity contribution in [2.24, 2.45) is 0 Å². The Labute approximate surface area is 154 Å². The molecule has 0 fully saturated rings. The number of hydrogen-bond acceptors (Lipinski definition) is 3. The van der Waals surface area contributed by atoms with Crippen LogP contribution >= 0.6 is 0 Å². The molecule has 0 bridgehead atoms. The third kappa shape index (κ3) is 6.12. The van der Waals surface area contributed by atoms with Gasteiger partial charge in [0.1, 0.15) is 0 Å². The number of rotatable bonds is 7. The van der Waals surface area contributed by atoms with Crippen LogP contribution in [-0.4, -0.2) is 44.5 Å². The molecule has 0 heterocycles. The number of para-hydroxylation sites is 1. The van der Waals surface area contributed by atoms with E-state index in [1.807, 2.05) is 61.5 Å². The highest BCUT2D eigenvalue weighted by atomic mass is 16.2. The summed E-state index contributed by atoms with van der Waals surface area (Å²) in [5, 5.41) is 5.42. The number of urea groups is 1. The molecule has 2 rings (SSSR count). The molecule has 2 aromatic carbocycles. The summed E-state index contributed by atoms with van der Waals surface area (Å²) >= 11 is 0. The van der Waals surface area contributed by atoms with E-state index in [0.29, 0.717) is 13.1 Å². The fourth-order valence-electron chi connectivity index (χ4n) is 2.43. The Morgan fingerprint density at radius 1 is 0.923 bits per heavy atom. The quantitative estimate of drug-likeness (QED) is 0.803. The van der Waals surface area contributed by atoms with Gasteiger partial charge in [-0.2, -0.15) is 0 Å². The normalized spacial score (nSPS) is 10.1. The van der Waals surface area contributed by atoms with Gasteiger partial charge in [0.15, 0.2) is 0 Å². The minimum Gasteiger partial charge on any atom is -0.378 e. The largest absolute Gasteiger partial charge is 0.378 e. The fourth-order valence-corrected chi connectivity index (χ4v) is 2.43. The standard InChI is InChI=1S/C20H26N4O2/c1-23(2)18-11-9-16(10-12-18)15-24(3)19(25)13-14-21-20(26)22-17-7-5-4-6-8-17/h4-12H,13-15H2,1-3H3,(H2,21,22,26). The Hall–Kier alpha value is -3.02. The van der Waals surface area contributed by atoms with E-state index >= 15 is 0 Å². The third-order valence-electron chi connectivity index (χ3n) is 3.95. The molecule has 6 heteroatoms. The molecule has 0 saturated carbocycles. The summed E-state index contributed by atoms with van der Waals surface area (Å²) in [5.74, 6) is -0.0123. The van der Waals surface area contributed by atoms with E-state index in [1.165, 1.54) is 0 Å². The zero-order valence-corrected chi connectivity index (χ0v) is 15.5. The highest BCUT2D eigenvalue weighted by Gasteiger charge is 2.10. The van der Waals surface area contributed by atoms with Gasteiger partial charge >= 0.3 is 6.03 Å². The van der Waals surface area contributed by atoms with Crippen LogP contribution in [-0.2, 0) is 11.3 Å². The van der Waals surface area contributed by atoms with Crippen LogP contribution in [0.3, 0.4) is 0 Å². The number of nitrogens with zero attached hydrogens (tertiary/aromatic N) is 2. The van der Waals surface area contributed by atoms with Gasteiger partial charge in [-0.15, -0.1) is 0 Å². The molecule has 0 aliphatic rings. The molecule has 26 heavy (non-hydrogen) atoms. The smallest absolute Gasteiger partial charge is 0.319 e. The van der Waals surface area contributed by atoms with Crippen molar-refractivity contribution in [2.75, 3.05) is 37.9 Å². The van der Waals surface area contributed by atoms with Crippen LogP contribution in [0, 0.1) is 0 Å². The van der Waals surface area contributed by atoms with E-state index in [2.05, 4.69) is 10.6 Å². The number of anilines is 2. The first-order valence-electron chi connectivity index (χ1n) is 8.56. The first kappa shape index (κ1) is 19.3. The lowest BCUT2D eigenvalue weighted by Gasteiger charge is -2.18. The molecule has 0 unspecified atom stereocenters. The van der Waals surface area contributed by atoms with E-state index < -0.39 is 0 Å². The van der Waals surface area contributed by atoms with Crippen LogP contribution in [0.5, 0.6) is 0 Å². The van der Waals surface area contributed by atoms with Crippen molar-refractivity contribution >= 4 is 23.3 Å². The van der Waals surface area contributed by atoms with Crippen LogP contribution in [0.2, 0.25) is 0 Å². The predicted octanol–water partition coefficient (Wildman–Crippen LogP) is 2.92.